The van der Waals surface area contributed by atoms with E-state index in [9.17, 15) is 4.79 Å². The van der Waals surface area contributed by atoms with Gasteiger partial charge in [0.1, 0.15) is 0 Å². The summed E-state index contributed by atoms with van der Waals surface area (Å²) in [4.78, 5) is 15.0. The fourth-order valence-electron chi connectivity index (χ4n) is 3.34. The standard InChI is InChI=1S/C26H35NO3/c1-20(16-21-10-8-7-9-11-21)19-27(25(28)18-26(2,3)4)15-14-22-12-13-23(29-5)24(17-22)30-6/h7-13,16-17H,14-15,18-19H2,1-6H3/b20-16+. The number of methoxy groups -OCH3 is 2. The number of hydrogen-bond acceptors (Lipinski definition) is 3. The van der Waals surface area contributed by atoms with E-state index in [1.807, 2.05) is 41.3 Å². The van der Waals surface area contributed by atoms with Crippen LogP contribution in [-0.2, 0) is 11.2 Å². The normalized spacial score (nSPS) is 11.9. The Labute approximate surface area is 181 Å². The highest BCUT2D eigenvalue weighted by atomic mass is 16.5. The van der Waals surface area contributed by atoms with E-state index in [1.54, 1.807) is 14.2 Å². The first kappa shape index (κ1) is 23.5. The molecule has 0 saturated carbocycles. The Balaban J connectivity index is 2.15. The van der Waals surface area contributed by atoms with Gasteiger partial charge >= 0.3 is 0 Å². The maximum atomic E-state index is 13.0. The van der Waals surface area contributed by atoms with Gasteiger partial charge in [-0.25, -0.2) is 0 Å². The number of carbonyl (C=O) groups excluding carboxylic acids is 1. The van der Waals surface area contributed by atoms with Gasteiger partial charge in [0.15, 0.2) is 11.5 Å². The summed E-state index contributed by atoms with van der Waals surface area (Å²) in [6, 6.07) is 16.1. The number of amides is 1. The molecule has 4 heteroatoms. The van der Waals surface area contributed by atoms with E-state index in [-0.39, 0.29) is 11.3 Å². The SMILES string of the molecule is COc1ccc(CCN(C/C(C)=C/c2ccccc2)C(=O)CC(C)(C)C)cc1OC. The van der Waals surface area contributed by atoms with E-state index in [4.69, 9.17) is 9.47 Å². The van der Waals surface area contributed by atoms with E-state index in [2.05, 4.69) is 45.9 Å². The molecule has 0 heterocycles. The van der Waals surface area contributed by atoms with Gasteiger partial charge in [-0.1, -0.05) is 68.8 Å². The Bertz CT molecular complexity index is 850. The summed E-state index contributed by atoms with van der Waals surface area (Å²) >= 11 is 0. The predicted molar refractivity (Wildman–Crippen MR) is 124 cm³/mol. The minimum absolute atomic E-state index is 0.0459. The fraction of sp³-hybridized carbons (Fsp3) is 0.423. The Hall–Kier alpha value is -2.75. The molecule has 0 aliphatic carbocycles. The summed E-state index contributed by atoms with van der Waals surface area (Å²) in [5.41, 5.74) is 3.38. The van der Waals surface area contributed by atoms with Gasteiger partial charge < -0.3 is 14.4 Å². The first-order valence-corrected chi connectivity index (χ1v) is 10.4. The van der Waals surface area contributed by atoms with Crippen LogP contribution in [0.3, 0.4) is 0 Å². The molecule has 0 radical (unpaired) electrons. The molecular formula is C26H35NO3. The van der Waals surface area contributed by atoms with Crippen LogP contribution in [0, 0.1) is 5.41 Å². The van der Waals surface area contributed by atoms with Crippen LogP contribution >= 0.6 is 0 Å². The summed E-state index contributed by atoms with van der Waals surface area (Å²) in [5, 5.41) is 0. The van der Waals surface area contributed by atoms with Crippen molar-refractivity contribution in [3.63, 3.8) is 0 Å². The van der Waals surface area contributed by atoms with Crippen LogP contribution in [0.5, 0.6) is 11.5 Å². The Kier molecular flexibility index (Phi) is 8.52. The van der Waals surface area contributed by atoms with Crippen LogP contribution in [0.25, 0.3) is 6.08 Å². The van der Waals surface area contributed by atoms with Gasteiger partial charge in [0.2, 0.25) is 5.91 Å². The third-order valence-electron chi connectivity index (χ3n) is 4.81. The van der Waals surface area contributed by atoms with Crippen LogP contribution < -0.4 is 9.47 Å². The molecule has 0 aliphatic heterocycles. The third kappa shape index (κ3) is 7.58. The molecule has 4 nitrogen and oxygen atoms in total. The Morgan fingerprint density at radius 3 is 2.27 bits per heavy atom. The number of benzene rings is 2. The average molecular weight is 410 g/mol. The van der Waals surface area contributed by atoms with E-state index in [0.29, 0.717) is 31.0 Å². The zero-order valence-corrected chi connectivity index (χ0v) is 19.2. The quantitative estimate of drug-likeness (QED) is 0.540. The average Bonchev–Trinajstić information content (AvgIpc) is 2.70. The van der Waals surface area contributed by atoms with E-state index >= 15 is 0 Å². The summed E-state index contributed by atoms with van der Waals surface area (Å²) in [6.45, 7) is 9.67. The molecule has 0 bridgehead atoms. The molecule has 0 aliphatic rings. The second-order valence-electron chi connectivity index (χ2n) is 8.89. The van der Waals surface area contributed by atoms with Gasteiger partial charge in [-0.2, -0.15) is 0 Å². The van der Waals surface area contributed by atoms with Crippen molar-refractivity contribution in [1.29, 1.82) is 0 Å². The van der Waals surface area contributed by atoms with Gasteiger partial charge in [-0.05, 0) is 42.0 Å². The highest BCUT2D eigenvalue weighted by Crippen LogP contribution is 2.28. The number of rotatable bonds is 9. The summed E-state index contributed by atoms with van der Waals surface area (Å²) in [7, 11) is 3.27. The lowest BCUT2D eigenvalue weighted by molar-refractivity contribution is -0.132. The van der Waals surface area contributed by atoms with Crippen LogP contribution in [0.2, 0.25) is 0 Å². The molecule has 0 atom stereocenters. The smallest absolute Gasteiger partial charge is 0.223 e. The summed E-state index contributed by atoms with van der Waals surface area (Å²) in [6.07, 6.45) is 3.43. The van der Waals surface area contributed by atoms with Crippen LogP contribution in [0.4, 0.5) is 0 Å². The lowest BCUT2D eigenvalue weighted by atomic mass is 9.91. The van der Waals surface area contributed by atoms with Crippen LogP contribution in [-0.4, -0.2) is 38.1 Å². The molecule has 162 valence electrons. The molecule has 0 N–H and O–H groups in total. The van der Waals surface area contributed by atoms with Gasteiger partial charge in [-0.15, -0.1) is 0 Å². The predicted octanol–water partition coefficient (Wildman–Crippen LogP) is 5.61. The highest BCUT2D eigenvalue weighted by molar-refractivity contribution is 5.77. The van der Waals surface area contributed by atoms with E-state index < -0.39 is 0 Å². The molecule has 2 aromatic carbocycles. The van der Waals surface area contributed by atoms with Crippen LogP contribution in [0.15, 0.2) is 54.1 Å². The summed E-state index contributed by atoms with van der Waals surface area (Å²) < 4.78 is 10.7. The number of nitrogens with zero attached hydrogens (tertiary/aromatic N) is 1. The van der Waals surface area contributed by atoms with Crippen molar-refractivity contribution in [3.8, 4) is 11.5 Å². The maximum absolute atomic E-state index is 13.0. The zero-order chi connectivity index (χ0) is 22.1. The van der Waals surface area contributed by atoms with Crippen molar-refractivity contribution in [2.45, 2.75) is 40.5 Å². The molecule has 0 spiro atoms. The minimum Gasteiger partial charge on any atom is -0.493 e. The number of carbonyl (C=O) groups is 1. The first-order chi connectivity index (χ1) is 14.2. The molecule has 0 fully saturated rings. The Morgan fingerprint density at radius 2 is 1.67 bits per heavy atom. The van der Waals surface area contributed by atoms with Crippen molar-refractivity contribution in [1.82, 2.24) is 4.90 Å². The largest absolute Gasteiger partial charge is 0.493 e. The Morgan fingerprint density at radius 1 is 1.00 bits per heavy atom. The number of hydrogen-bond donors (Lipinski definition) is 0. The van der Waals surface area contributed by atoms with Crippen molar-refractivity contribution < 1.29 is 14.3 Å². The van der Waals surface area contributed by atoms with Gasteiger partial charge in [-0.3, -0.25) is 4.79 Å². The minimum atomic E-state index is -0.0459. The van der Waals surface area contributed by atoms with Crippen molar-refractivity contribution in [3.05, 3.63) is 65.2 Å². The van der Waals surface area contributed by atoms with Crippen molar-refractivity contribution in [2.24, 2.45) is 5.41 Å². The molecular weight excluding hydrogens is 374 g/mol. The second-order valence-corrected chi connectivity index (χ2v) is 8.89. The molecule has 30 heavy (non-hydrogen) atoms. The van der Waals surface area contributed by atoms with Gasteiger partial charge in [0.05, 0.1) is 14.2 Å². The lowest BCUT2D eigenvalue weighted by Gasteiger charge is -2.27. The fourth-order valence-corrected chi connectivity index (χ4v) is 3.34. The monoisotopic (exact) mass is 409 g/mol. The van der Waals surface area contributed by atoms with Crippen molar-refractivity contribution in [2.75, 3.05) is 27.3 Å². The third-order valence-corrected chi connectivity index (χ3v) is 4.81. The zero-order valence-electron chi connectivity index (χ0n) is 19.2. The second kappa shape index (κ2) is 10.9. The van der Waals surface area contributed by atoms with E-state index in [0.717, 1.165) is 23.1 Å². The molecule has 2 aromatic rings. The maximum Gasteiger partial charge on any atom is 0.223 e. The lowest BCUT2D eigenvalue weighted by Crippen LogP contribution is -2.36. The topological polar surface area (TPSA) is 38.8 Å². The first-order valence-electron chi connectivity index (χ1n) is 10.4. The van der Waals surface area contributed by atoms with Crippen LogP contribution in [0.1, 0.15) is 45.2 Å². The molecule has 0 saturated heterocycles. The van der Waals surface area contributed by atoms with Crippen molar-refractivity contribution >= 4 is 12.0 Å². The van der Waals surface area contributed by atoms with Gasteiger partial charge in [0.25, 0.3) is 0 Å². The number of ether oxygens (including phenoxy) is 2. The molecule has 1 amide bonds. The molecule has 2 rings (SSSR count). The summed E-state index contributed by atoms with van der Waals surface area (Å²) in [5.74, 6) is 1.61. The molecule has 0 unspecified atom stereocenters. The van der Waals surface area contributed by atoms with Gasteiger partial charge in [0, 0.05) is 19.5 Å². The van der Waals surface area contributed by atoms with E-state index in [1.165, 1.54) is 0 Å². The highest BCUT2D eigenvalue weighted by Gasteiger charge is 2.21. The molecule has 0 aromatic heterocycles.